The number of likely N-dealkylation sites (tertiary alicyclic amines) is 1. The van der Waals surface area contributed by atoms with Gasteiger partial charge in [0.1, 0.15) is 5.82 Å². The maximum Gasteiger partial charge on any atom is 0.308 e. The van der Waals surface area contributed by atoms with Gasteiger partial charge in [-0.1, -0.05) is 19.1 Å². The fourth-order valence-corrected chi connectivity index (χ4v) is 2.91. The molecule has 3 unspecified atom stereocenters. The number of carbonyl (C=O) groups excluding carboxylic acids is 1. The van der Waals surface area contributed by atoms with Crippen molar-refractivity contribution in [3.63, 3.8) is 0 Å². The highest BCUT2D eigenvalue weighted by molar-refractivity contribution is 5.80. The zero-order valence-corrected chi connectivity index (χ0v) is 12.3. The summed E-state index contributed by atoms with van der Waals surface area (Å²) >= 11 is 0. The average molecular weight is 293 g/mol. The summed E-state index contributed by atoms with van der Waals surface area (Å²) in [6.45, 7) is 4.19. The summed E-state index contributed by atoms with van der Waals surface area (Å²) < 4.78 is 12.9. The van der Waals surface area contributed by atoms with Crippen LogP contribution in [0.3, 0.4) is 0 Å². The van der Waals surface area contributed by atoms with Crippen molar-refractivity contribution in [1.29, 1.82) is 0 Å². The molecule has 0 radical (unpaired) electrons. The number of carbonyl (C=O) groups is 2. The van der Waals surface area contributed by atoms with E-state index in [1.165, 1.54) is 12.1 Å². The second-order valence-electron chi connectivity index (χ2n) is 5.72. The van der Waals surface area contributed by atoms with Crippen molar-refractivity contribution in [3.8, 4) is 0 Å². The number of hydrogen-bond donors (Lipinski definition) is 1. The molecule has 1 aliphatic heterocycles. The van der Waals surface area contributed by atoms with Crippen LogP contribution in [-0.2, 0) is 9.59 Å². The Labute approximate surface area is 123 Å². The number of rotatable bonds is 4. The second kappa shape index (κ2) is 6.24. The lowest BCUT2D eigenvalue weighted by atomic mass is 9.96. The molecule has 1 aromatic carbocycles. The van der Waals surface area contributed by atoms with Crippen molar-refractivity contribution >= 4 is 11.9 Å². The Morgan fingerprint density at radius 2 is 2.00 bits per heavy atom. The third-order valence-corrected chi connectivity index (χ3v) is 4.31. The number of aliphatic carboxylic acids is 1. The number of benzene rings is 1. The summed E-state index contributed by atoms with van der Waals surface area (Å²) in [4.78, 5) is 25.1. The lowest BCUT2D eigenvalue weighted by Crippen LogP contribution is -2.38. The van der Waals surface area contributed by atoms with Gasteiger partial charge < -0.3 is 10.0 Å². The zero-order valence-electron chi connectivity index (χ0n) is 12.3. The van der Waals surface area contributed by atoms with Gasteiger partial charge >= 0.3 is 5.97 Å². The predicted molar refractivity (Wildman–Crippen MR) is 76.3 cm³/mol. The number of amides is 1. The summed E-state index contributed by atoms with van der Waals surface area (Å²) in [6.07, 6.45) is 0.815. The number of carboxylic acids is 1. The molecule has 114 valence electrons. The molecule has 0 spiro atoms. The maximum absolute atomic E-state index is 12.9. The molecular formula is C16H20FNO3. The number of hydrogen-bond acceptors (Lipinski definition) is 2. The van der Waals surface area contributed by atoms with Crippen LogP contribution in [-0.4, -0.2) is 34.5 Å². The van der Waals surface area contributed by atoms with E-state index in [4.69, 9.17) is 5.11 Å². The Kier molecular flexibility index (Phi) is 4.60. The molecule has 1 N–H and O–H groups in total. The molecule has 0 bridgehead atoms. The first-order chi connectivity index (χ1) is 9.90. The van der Waals surface area contributed by atoms with Gasteiger partial charge in [-0.3, -0.25) is 9.59 Å². The van der Waals surface area contributed by atoms with Crippen LogP contribution in [0, 0.1) is 11.7 Å². The Morgan fingerprint density at radius 3 is 2.52 bits per heavy atom. The molecule has 1 aromatic rings. The van der Waals surface area contributed by atoms with Gasteiger partial charge in [0.2, 0.25) is 5.91 Å². The van der Waals surface area contributed by atoms with Crippen molar-refractivity contribution in [2.75, 3.05) is 6.54 Å². The van der Waals surface area contributed by atoms with Gasteiger partial charge in [0.05, 0.1) is 5.92 Å². The summed E-state index contributed by atoms with van der Waals surface area (Å²) in [5.74, 6) is -1.67. The smallest absolute Gasteiger partial charge is 0.308 e. The minimum Gasteiger partial charge on any atom is -0.481 e. The van der Waals surface area contributed by atoms with Crippen LogP contribution in [0.15, 0.2) is 24.3 Å². The van der Waals surface area contributed by atoms with E-state index < -0.39 is 11.9 Å². The molecular weight excluding hydrogens is 273 g/mol. The van der Waals surface area contributed by atoms with Crippen LogP contribution < -0.4 is 0 Å². The molecule has 1 amide bonds. The molecule has 5 heteroatoms. The topological polar surface area (TPSA) is 57.6 Å². The lowest BCUT2D eigenvalue weighted by Gasteiger charge is -2.25. The lowest BCUT2D eigenvalue weighted by molar-refractivity contribution is -0.143. The summed E-state index contributed by atoms with van der Waals surface area (Å²) in [5.41, 5.74) is 0.909. The first-order valence-electron chi connectivity index (χ1n) is 7.18. The second-order valence-corrected chi connectivity index (χ2v) is 5.72. The third kappa shape index (κ3) is 3.40. The van der Waals surface area contributed by atoms with E-state index in [1.807, 2.05) is 6.92 Å². The van der Waals surface area contributed by atoms with E-state index in [9.17, 15) is 14.0 Å². The fourth-order valence-electron chi connectivity index (χ4n) is 2.91. The number of nitrogens with zero attached hydrogens (tertiary/aromatic N) is 1. The summed E-state index contributed by atoms with van der Waals surface area (Å²) in [7, 11) is 0. The van der Waals surface area contributed by atoms with Crippen molar-refractivity contribution < 1.29 is 19.1 Å². The van der Waals surface area contributed by atoms with E-state index in [2.05, 4.69) is 0 Å². The van der Waals surface area contributed by atoms with Crippen molar-refractivity contribution in [3.05, 3.63) is 35.6 Å². The molecule has 1 heterocycles. The Bertz CT molecular complexity index is 529. The van der Waals surface area contributed by atoms with Crippen LogP contribution in [0.25, 0.3) is 0 Å². The Balaban J connectivity index is 1.98. The first kappa shape index (κ1) is 15.5. The van der Waals surface area contributed by atoms with Crippen LogP contribution in [0.4, 0.5) is 4.39 Å². The molecule has 3 atom stereocenters. The molecule has 0 aliphatic carbocycles. The van der Waals surface area contributed by atoms with E-state index in [0.29, 0.717) is 19.4 Å². The molecule has 1 aliphatic rings. The largest absolute Gasteiger partial charge is 0.481 e. The standard InChI is InChI=1S/C16H20FNO3/c1-10(12-3-5-13(17)6-4-12)9-15(19)18-8-7-14(11(18)2)16(20)21/h3-6,10-11,14H,7-9H2,1-2H3,(H,20,21). The summed E-state index contributed by atoms with van der Waals surface area (Å²) in [5, 5.41) is 9.10. The minimum absolute atomic E-state index is 0.0193. The number of halogens is 1. The molecule has 1 saturated heterocycles. The SMILES string of the molecule is CC(CC(=O)N1CCC(C(=O)O)C1C)c1ccc(F)cc1. The van der Waals surface area contributed by atoms with Crippen molar-refractivity contribution in [2.45, 2.75) is 38.6 Å². The van der Waals surface area contributed by atoms with Gasteiger partial charge in [0, 0.05) is 19.0 Å². The molecule has 0 saturated carbocycles. The highest BCUT2D eigenvalue weighted by Crippen LogP contribution is 2.27. The quantitative estimate of drug-likeness (QED) is 0.928. The van der Waals surface area contributed by atoms with Crippen molar-refractivity contribution in [1.82, 2.24) is 4.90 Å². The highest BCUT2D eigenvalue weighted by Gasteiger charge is 2.38. The van der Waals surface area contributed by atoms with Crippen LogP contribution >= 0.6 is 0 Å². The van der Waals surface area contributed by atoms with E-state index >= 15 is 0 Å². The van der Waals surface area contributed by atoms with Crippen LogP contribution in [0.1, 0.15) is 38.2 Å². The molecule has 1 fully saturated rings. The van der Waals surface area contributed by atoms with Crippen molar-refractivity contribution in [2.24, 2.45) is 5.92 Å². The summed E-state index contributed by atoms with van der Waals surface area (Å²) in [6, 6.07) is 5.86. The van der Waals surface area contributed by atoms with Gasteiger partial charge in [-0.15, -0.1) is 0 Å². The minimum atomic E-state index is -0.843. The first-order valence-corrected chi connectivity index (χ1v) is 7.18. The zero-order chi connectivity index (χ0) is 15.6. The van der Waals surface area contributed by atoms with Crippen LogP contribution in [0.5, 0.6) is 0 Å². The maximum atomic E-state index is 12.9. The normalized spacial score (nSPS) is 23.1. The van der Waals surface area contributed by atoms with Gasteiger partial charge in [-0.05, 0) is 37.0 Å². The number of carboxylic acid groups (broad SMARTS) is 1. The monoisotopic (exact) mass is 293 g/mol. The molecule has 4 nitrogen and oxygen atoms in total. The highest BCUT2D eigenvalue weighted by atomic mass is 19.1. The van der Waals surface area contributed by atoms with E-state index in [-0.39, 0.29) is 23.7 Å². The average Bonchev–Trinajstić information content (AvgIpc) is 2.81. The van der Waals surface area contributed by atoms with Gasteiger partial charge in [0.25, 0.3) is 0 Å². The van der Waals surface area contributed by atoms with Gasteiger partial charge in [0.15, 0.2) is 0 Å². The third-order valence-electron chi connectivity index (χ3n) is 4.31. The van der Waals surface area contributed by atoms with Gasteiger partial charge in [-0.25, -0.2) is 4.39 Å². The Hall–Kier alpha value is -1.91. The molecule has 2 rings (SSSR count). The van der Waals surface area contributed by atoms with E-state index in [1.54, 1.807) is 24.0 Å². The molecule has 21 heavy (non-hydrogen) atoms. The fraction of sp³-hybridized carbons (Fsp3) is 0.500. The Morgan fingerprint density at radius 1 is 1.38 bits per heavy atom. The predicted octanol–water partition coefficient (Wildman–Crippen LogP) is 2.64. The van der Waals surface area contributed by atoms with Crippen LogP contribution in [0.2, 0.25) is 0 Å². The molecule has 0 aromatic heterocycles. The van der Waals surface area contributed by atoms with E-state index in [0.717, 1.165) is 5.56 Å². The van der Waals surface area contributed by atoms with Gasteiger partial charge in [-0.2, -0.15) is 0 Å².